The lowest BCUT2D eigenvalue weighted by molar-refractivity contribution is -0.113. The van der Waals surface area contributed by atoms with Crippen LogP contribution in [-0.2, 0) is 0 Å². The van der Waals surface area contributed by atoms with E-state index < -0.39 is 31.0 Å². The first kappa shape index (κ1) is 16.7. The number of hydrogen-bond donors (Lipinski definition) is 6. The van der Waals surface area contributed by atoms with Gasteiger partial charge in [0.05, 0.1) is 12.7 Å². The molecule has 0 saturated heterocycles. The van der Waals surface area contributed by atoms with Gasteiger partial charge in [0.25, 0.3) is 0 Å². The Morgan fingerprint density at radius 2 is 1.43 bits per heavy atom. The normalized spacial score (nSPS) is 19.3. The molecule has 6 nitrogen and oxygen atoms in total. The van der Waals surface area contributed by atoms with Crippen LogP contribution in [0.15, 0.2) is 0 Å². The van der Waals surface area contributed by atoms with Crippen LogP contribution in [0.1, 0.15) is 0 Å². The summed E-state index contributed by atoms with van der Waals surface area (Å²) in [5, 5.41) is 47.5. The Morgan fingerprint density at radius 1 is 1.00 bits per heavy atom. The van der Waals surface area contributed by atoms with Crippen molar-refractivity contribution in [1.82, 2.24) is 5.32 Å². The molecule has 6 N–H and O–H groups in total. The largest absolute Gasteiger partial charge is 0.394 e. The van der Waals surface area contributed by atoms with Crippen LogP contribution in [0.5, 0.6) is 0 Å². The first-order valence-electron chi connectivity index (χ1n) is 4.02. The first-order chi connectivity index (χ1) is 6.04. The maximum absolute atomic E-state index is 9.21. The van der Waals surface area contributed by atoms with Crippen molar-refractivity contribution in [2.75, 3.05) is 20.2 Å². The zero-order valence-corrected chi connectivity index (χ0v) is 9.58. The highest BCUT2D eigenvalue weighted by Crippen LogP contribution is 2.04. The Morgan fingerprint density at radius 3 is 1.79 bits per heavy atom. The Labute approximate surface area is 93.0 Å². The maximum atomic E-state index is 9.21. The second-order valence-electron chi connectivity index (χ2n) is 2.86. The monoisotopic (exact) mass is 275 g/mol. The lowest BCUT2D eigenvalue weighted by Gasteiger charge is -2.25. The second kappa shape index (κ2) is 8.54. The minimum atomic E-state index is -1.55. The van der Waals surface area contributed by atoms with Crippen molar-refractivity contribution in [3.8, 4) is 0 Å². The molecule has 0 spiro atoms. The molecule has 0 aliphatic carbocycles. The van der Waals surface area contributed by atoms with E-state index >= 15 is 0 Å². The van der Waals surface area contributed by atoms with E-state index in [9.17, 15) is 5.11 Å². The Hall–Kier alpha value is 0.240. The van der Waals surface area contributed by atoms with Crippen LogP contribution in [0.2, 0.25) is 0 Å². The highest BCUT2D eigenvalue weighted by atomic mass is 79.9. The van der Waals surface area contributed by atoms with Crippen molar-refractivity contribution in [3.63, 3.8) is 0 Å². The van der Waals surface area contributed by atoms with Gasteiger partial charge in [-0.25, -0.2) is 0 Å². The van der Waals surface area contributed by atoms with Crippen LogP contribution >= 0.6 is 17.0 Å². The third kappa shape index (κ3) is 5.20. The molecule has 0 saturated carbocycles. The minimum absolute atomic E-state index is 0. The van der Waals surface area contributed by atoms with Crippen molar-refractivity contribution in [2.45, 2.75) is 24.4 Å². The van der Waals surface area contributed by atoms with E-state index in [4.69, 9.17) is 20.4 Å². The van der Waals surface area contributed by atoms with E-state index in [-0.39, 0.29) is 23.5 Å². The molecule has 0 aromatic heterocycles. The molecule has 0 amide bonds. The number of rotatable bonds is 6. The van der Waals surface area contributed by atoms with E-state index in [1.54, 1.807) is 7.05 Å². The molecule has 0 unspecified atom stereocenters. The summed E-state index contributed by atoms with van der Waals surface area (Å²) in [6, 6.07) is 0. The van der Waals surface area contributed by atoms with Gasteiger partial charge in [0, 0.05) is 6.54 Å². The molecule has 0 aliphatic rings. The molecule has 88 valence electrons. The molecule has 4 atom stereocenters. The third-order valence-electron chi connectivity index (χ3n) is 1.74. The summed E-state index contributed by atoms with van der Waals surface area (Å²) in [5.41, 5.74) is 0. The molecule has 0 fully saturated rings. The molecule has 14 heavy (non-hydrogen) atoms. The third-order valence-corrected chi connectivity index (χ3v) is 1.74. The Bertz CT molecular complexity index is 139. The van der Waals surface area contributed by atoms with E-state index in [2.05, 4.69) is 5.32 Å². The van der Waals surface area contributed by atoms with Crippen molar-refractivity contribution in [2.24, 2.45) is 0 Å². The van der Waals surface area contributed by atoms with Crippen LogP contribution in [-0.4, -0.2) is 70.1 Å². The molecule has 0 aromatic rings. The van der Waals surface area contributed by atoms with Gasteiger partial charge in [-0.05, 0) is 7.05 Å². The zero-order valence-electron chi connectivity index (χ0n) is 7.87. The molecule has 0 heterocycles. The average molecular weight is 276 g/mol. The molecular weight excluding hydrogens is 258 g/mol. The number of hydrogen-bond acceptors (Lipinski definition) is 6. The summed E-state index contributed by atoms with van der Waals surface area (Å²) in [4.78, 5) is 0. The van der Waals surface area contributed by atoms with Crippen molar-refractivity contribution < 1.29 is 25.5 Å². The zero-order chi connectivity index (χ0) is 10.4. The summed E-state index contributed by atoms with van der Waals surface area (Å²) in [6.45, 7) is -0.569. The second-order valence-corrected chi connectivity index (χ2v) is 2.86. The van der Waals surface area contributed by atoms with E-state index in [0.717, 1.165) is 0 Å². The predicted octanol–water partition coefficient (Wildman–Crippen LogP) is -2.78. The van der Waals surface area contributed by atoms with Crippen LogP contribution in [0, 0.1) is 0 Å². The molecule has 0 rings (SSSR count). The van der Waals surface area contributed by atoms with Crippen LogP contribution in [0.3, 0.4) is 0 Å². The molecule has 0 radical (unpaired) electrons. The number of nitrogens with one attached hydrogen (secondary N) is 1. The SMILES string of the molecule is Br.CNC[C@@H](O)[C@H](O)[C@@H](O)[C@@H](O)CO. The van der Waals surface area contributed by atoms with Gasteiger partial charge in [-0.15, -0.1) is 17.0 Å². The van der Waals surface area contributed by atoms with Crippen molar-refractivity contribution in [1.29, 1.82) is 0 Å². The highest BCUT2D eigenvalue weighted by molar-refractivity contribution is 8.93. The van der Waals surface area contributed by atoms with Gasteiger partial charge in [-0.3, -0.25) is 0 Å². The van der Waals surface area contributed by atoms with Crippen molar-refractivity contribution in [3.05, 3.63) is 0 Å². The quantitative estimate of drug-likeness (QED) is 0.313. The lowest BCUT2D eigenvalue weighted by Crippen LogP contribution is -2.48. The minimum Gasteiger partial charge on any atom is -0.394 e. The van der Waals surface area contributed by atoms with Gasteiger partial charge in [0.2, 0.25) is 0 Å². The summed E-state index contributed by atoms with van der Waals surface area (Å²) in [6.07, 6.45) is -5.65. The van der Waals surface area contributed by atoms with E-state index in [1.807, 2.05) is 0 Å². The number of halogens is 1. The summed E-state index contributed by atoms with van der Waals surface area (Å²) in [5.74, 6) is 0. The van der Waals surface area contributed by atoms with Crippen LogP contribution in [0.4, 0.5) is 0 Å². The van der Waals surface area contributed by atoms with Crippen LogP contribution < -0.4 is 5.32 Å². The van der Waals surface area contributed by atoms with Gasteiger partial charge in [0.1, 0.15) is 18.3 Å². The highest BCUT2D eigenvalue weighted by Gasteiger charge is 2.29. The molecule has 0 bridgehead atoms. The van der Waals surface area contributed by atoms with Gasteiger partial charge < -0.3 is 30.8 Å². The number of likely N-dealkylation sites (N-methyl/N-ethyl adjacent to an activating group) is 1. The van der Waals surface area contributed by atoms with Gasteiger partial charge in [0.15, 0.2) is 0 Å². The lowest BCUT2D eigenvalue weighted by atomic mass is 10.0. The Kier molecular flexibility index (Phi) is 10.2. The fraction of sp³-hybridized carbons (Fsp3) is 1.00. The standard InChI is InChI=1S/C7H17NO5.BrH/c1-8-2-4(10)6(12)7(13)5(11)3-9;/h4-13H,2-3H2,1H3;1H/t4-,5+,6+,7+;/m1./s1. The maximum Gasteiger partial charge on any atom is 0.111 e. The smallest absolute Gasteiger partial charge is 0.111 e. The molecule has 0 aliphatic heterocycles. The van der Waals surface area contributed by atoms with Crippen molar-refractivity contribution >= 4 is 17.0 Å². The fourth-order valence-electron chi connectivity index (χ4n) is 0.893. The molecular formula is C7H18BrNO5. The predicted molar refractivity (Wildman–Crippen MR) is 55.4 cm³/mol. The van der Waals surface area contributed by atoms with Gasteiger partial charge >= 0.3 is 0 Å². The van der Waals surface area contributed by atoms with Crippen LogP contribution in [0.25, 0.3) is 0 Å². The van der Waals surface area contributed by atoms with Gasteiger partial charge in [-0.2, -0.15) is 0 Å². The Balaban J connectivity index is 0. The van der Waals surface area contributed by atoms with E-state index in [1.165, 1.54) is 0 Å². The first-order valence-corrected chi connectivity index (χ1v) is 4.02. The number of aliphatic hydroxyl groups excluding tert-OH is 5. The van der Waals surface area contributed by atoms with E-state index in [0.29, 0.717) is 0 Å². The number of aliphatic hydroxyl groups is 5. The average Bonchev–Trinajstić information content (AvgIpc) is 2.14. The fourth-order valence-corrected chi connectivity index (χ4v) is 0.893. The molecule has 7 heteroatoms. The molecule has 0 aromatic carbocycles. The van der Waals surface area contributed by atoms with Gasteiger partial charge in [-0.1, -0.05) is 0 Å². The summed E-state index contributed by atoms with van der Waals surface area (Å²) >= 11 is 0. The summed E-state index contributed by atoms with van der Waals surface area (Å²) in [7, 11) is 1.57. The summed E-state index contributed by atoms with van der Waals surface area (Å²) < 4.78 is 0. The topological polar surface area (TPSA) is 113 Å².